The topological polar surface area (TPSA) is 138 Å². The first-order valence-corrected chi connectivity index (χ1v) is 14.3. The van der Waals surface area contributed by atoms with Crippen LogP contribution in [0.15, 0.2) is 107 Å². The molecule has 2 heterocycles. The highest BCUT2D eigenvalue weighted by Crippen LogP contribution is 2.23. The van der Waals surface area contributed by atoms with Crippen LogP contribution in [0.25, 0.3) is 11.8 Å². The number of halogens is 1. The number of nitro groups is 1. The smallest absolute Gasteiger partial charge is 0.336 e. The molecule has 0 atom stereocenters. The first kappa shape index (κ1) is 31.5. The van der Waals surface area contributed by atoms with Gasteiger partial charge in [-0.05, 0) is 104 Å². The Bertz CT molecular complexity index is 1920. The normalized spacial score (nSPS) is 11.2. The van der Waals surface area contributed by atoms with Crippen molar-refractivity contribution >= 4 is 41.5 Å². The molecule has 1 N–H and O–H groups in total. The molecule has 1 amide bonds. The molecular weight excluding hydrogens is 612 g/mol. The highest BCUT2D eigenvalue weighted by Gasteiger charge is 2.12. The molecule has 0 aliphatic rings. The number of aryl methyl sites for hydroxylation is 2. The number of benzene rings is 3. The van der Waals surface area contributed by atoms with Gasteiger partial charge in [-0.25, -0.2) is 10.2 Å². The molecule has 46 heavy (non-hydrogen) atoms. The number of esters is 1. The molecule has 0 aliphatic carbocycles. The Morgan fingerprint density at radius 3 is 2.39 bits per heavy atom. The van der Waals surface area contributed by atoms with Crippen LogP contribution in [0, 0.1) is 24.0 Å². The fourth-order valence-electron chi connectivity index (χ4n) is 4.44. The van der Waals surface area contributed by atoms with Crippen molar-refractivity contribution in [3.63, 3.8) is 0 Å². The third-order valence-corrected chi connectivity index (χ3v) is 6.94. The maximum atomic E-state index is 12.6. The molecule has 5 rings (SSSR count). The van der Waals surface area contributed by atoms with Gasteiger partial charge in [-0.15, -0.1) is 0 Å². The number of nitrogens with one attached hydrogen (secondary N) is 1. The minimum absolute atomic E-state index is 0.0267. The van der Waals surface area contributed by atoms with Crippen molar-refractivity contribution in [1.29, 1.82) is 0 Å². The molecule has 0 fully saturated rings. The van der Waals surface area contributed by atoms with Gasteiger partial charge in [0.25, 0.3) is 5.69 Å². The van der Waals surface area contributed by atoms with Gasteiger partial charge in [0, 0.05) is 45.9 Å². The van der Waals surface area contributed by atoms with Crippen molar-refractivity contribution in [3.05, 3.63) is 146 Å². The molecule has 0 spiro atoms. The number of nitro benzene ring substituents is 1. The largest absolute Gasteiger partial charge is 0.486 e. The van der Waals surface area contributed by atoms with Crippen molar-refractivity contribution in [3.8, 4) is 17.2 Å². The summed E-state index contributed by atoms with van der Waals surface area (Å²) >= 11 is 6.11. The summed E-state index contributed by atoms with van der Waals surface area (Å²) in [6.07, 6.45) is 3.91. The number of carbonyl (C=O) groups is 2. The second-order valence-electron chi connectivity index (χ2n) is 9.98. The summed E-state index contributed by atoms with van der Waals surface area (Å²) in [6.45, 7) is 4.22. The third-order valence-electron chi connectivity index (χ3n) is 6.70. The van der Waals surface area contributed by atoms with E-state index in [2.05, 4.69) is 27.2 Å². The van der Waals surface area contributed by atoms with Crippen LogP contribution in [0.2, 0.25) is 5.02 Å². The summed E-state index contributed by atoms with van der Waals surface area (Å²) in [5.41, 5.74) is 6.52. The number of non-ortho nitro benzene ring substituents is 1. The molecule has 5 aromatic rings. The number of hydrazone groups is 1. The maximum Gasteiger partial charge on any atom is 0.336 e. The lowest BCUT2D eigenvalue weighted by atomic mass is 10.2. The molecule has 12 heteroatoms. The van der Waals surface area contributed by atoms with E-state index < -0.39 is 16.8 Å². The lowest BCUT2D eigenvalue weighted by Gasteiger charge is -2.10. The van der Waals surface area contributed by atoms with E-state index >= 15 is 0 Å². The van der Waals surface area contributed by atoms with E-state index in [1.54, 1.807) is 6.07 Å². The van der Waals surface area contributed by atoms with E-state index in [1.165, 1.54) is 66.9 Å². The van der Waals surface area contributed by atoms with E-state index in [0.29, 0.717) is 27.7 Å². The average Bonchev–Trinajstić information content (AvgIpc) is 3.66. The number of hydrogen-bond donors (Lipinski definition) is 1. The molecule has 11 nitrogen and oxygen atoms in total. The number of hydrogen-bond acceptors (Lipinski definition) is 8. The zero-order chi connectivity index (χ0) is 32.6. The Kier molecular flexibility index (Phi) is 9.74. The van der Waals surface area contributed by atoms with Crippen LogP contribution in [-0.4, -0.2) is 27.6 Å². The molecule has 0 aliphatic heterocycles. The summed E-state index contributed by atoms with van der Waals surface area (Å²) in [6, 6.07) is 25.2. The van der Waals surface area contributed by atoms with Gasteiger partial charge >= 0.3 is 11.9 Å². The molecule has 232 valence electrons. The van der Waals surface area contributed by atoms with Gasteiger partial charge in [-0.1, -0.05) is 11.6 Å². The van der Waals surface area contributed by atoms with E-state index in [9.17, 15) is 19.7 Å². The Hall–Kier alpha value is -5.94. The Labute approximate surface area is 268 Å². The van der Waals surface area contributed by atoms with Gasteiger partial charge in [-0.2, -0.15) is 5.10 Å². The Morgan fingerprint density at radius 2 is 1.70 bits per heavy atom. The van der Waals surface area contributed by atoms with Gasteiger partial charge in [-0.3, -0.25) is 14.9 Å². The lowest BCUT2D eigenvalue weighted by Crippen LogP contribution is -2.17. The number of aromatic nitrogens is 1. The van der Waals surface area contributed by atoms with Gasteiger partial charge in [0.1, 0.15) is 23.9 Å². The van der Waals surface area contributed by atoms with E-state index in [1.807, 2.05) is 38.1 Å². The predicted molar refractivity (Wildman–Crippen MR) is 173 cm³/mol. The third kappa shape index (κ3) is 7.96. The maximum absolute atomic E-state index is 12.6. The molecule has 0 unspecified atom stereocenters. The summed E-state index contributed by atoms with van der Waals surface area (Å²) in [5, 5.41) is 15.1. The van der Waals surface area contributed by atoms with Gasteiger partial charge in [0.05, 0.1) is 11.1 Å². The summed E-state index contributed by atoms with van der Waals surface area (Å²) < 4.78 is 19.0. The second kappa shape index (κ2) is 14.2. The second-order valence-corrected chi connectivity index (χ2v) is 10.4. The first-order chi connectivity index (χ1) is 22.2. The quantitative estimate of drug-likeness (QED) is 0.0403. The van der Waals surface area contributed by atoms with E-state index in [0.717, 1.165) is 17.1 Å². The predicted octanol–water partition coefficient (Wildman–Crippen LogP) is 7.21. The van der Waals surface area contributed by atoms with Crippen molar-refractivity contribution in [2.45, 2.75) is 20.5 Å². The first-order valence-electron chi connectivity index (χ1n) is 13.9. The van der Waals surface area contributed by atoms with Gasteiger partial charge in [0.2, 0.25) is 0 Å². The Morgan fingerprint density at radius 1 is 0.978 bits per heavy atom. The standard InChI is InChI=1S/C34H27ClN4O7/c1-22-3-4-23(2)38(22)27-11-13-29(14-12-27)44-21-30-15-17-32(45-30)34(41)37-36-20-25-19-26(35)8-16-31(25)46-33(40)18-7-24-5-9-28(10-6-24)39(42)43/h3-20H,21H2,1-2H3,(H,37,41)/b18-7+,36-20+. The fraction of sp³-hybridized carbons (Fsp3) is 0.0882. The van der Waals surface area contributed by atoms with Crippen LogP contribution in [0.4, 0.5) is 5.69 Å². The van der Waals surface area contributed by atoms with Crippen molar-refractivity contribution in [2.24, 2.45) is 5.10 Å². The SMILES string of the molecule is Cc1ccc(C)n1-c1ccc(OCc2ccc(C(=O)N/N=C/c3cc(Cl)ccc3OC(=O)/C=C/c3ccc([N+](=O)[O-])cc3)o2)cc1. The Balaban J connectivity index is 1.15. The zero-order valence-corrected chi connectivity index (χ0v) is 25.4. The fourth-order valence-corrected chi connectivity index (χ4v) is 4.62. The number of carbonyl (C=O) groups excluding carboxylic acids is 2. The van der Waals surface area contributed by atoms with Gasteiger partial charge < -0.3 is 18.5 Å². The number of amides is 1. The van der Waals surface area contributed by atoms with Crippen LogP contribution in [-0.2, 0) is 11.4 Å². The van der Waals surface area contributed by atoms with E-state index in [4.69, 9.17) is 25.5 Å². The summed E-state index contributed by atoms with van der Waals surface area (Å²) in [5.74, 6) is -0.0366. The molecule has 0 radical (unpaired) electrons. The molecule has 2 aromatic heterocycles. The van der Waals surface area contributed by atoms with Crippen molar-refractivity contribution < 1.29 is 28.4 Å². The van der Waals surface area contributed by atoms with Crippen LogP contribution < -0.4 is 14.9 Å². The number of furan rings is 1. The van der Waals surface area contributed by atoms with Crippen molar-refractivity contribution in [2.75, 3.05) is 0 Å². The van der Waals surface area contributed by atoms with E-state index in [-0.39, 0.29) is 23.8 Å². The monoisotopic (exact) mass is 638 g/mol. The van der Waals surface area contributed by atoms with Crippen LogP contribution in [0.1, 0.15) is 38.8 Å². The number of rotatable bonds is 11. The van der Waals surface area contributed by atoms with Crippen LogP contribution in [0.3, 0.4) is 0 Å². The molecule has 0 saturated carbocycles. The average molecular weight is 639 g/mol. The molecule has 3 aromatic carbocycles. The highest BCUT2D eigenvalue weighted by atomic mass is 35.5. The molecule has 0 bridgehead atoms. The van der Waals surface area contributed by atoms with Crippen LogP contribution in [0.5, 0.6) is 11.5 Å². The summed E-state index contributed by atoms with van der Waals surface area (Å²) in [7, 11) is 0. The van der Waals surface area contributed by atoms with Crippen molar-refractivity contribution in [1.82, 2.24) is 9.99 Å². The minimum atomic E-state index is -0.702. The summed E-state index contributed by atoms with van der Waals surface area (Å²) in [4.78, 5) is 35.3. The highest BCUT2D eigenvalue weighted by molar-refractivity contribution is 6.31. The number of nitrogens with zero attached hydrogens (tertiary/aromatic N) is 3. The minimum Gasteiger partial charge on any atom is -0.486 e. The van der Waals surface area contributed by atoms with Gasteiger partial charge in [0.15, 0.2) is 5.76 Å². The number of ether oxygens (including phenoxy) is 2. The molecular formula is C34H27ClN4O7. The zero-order valence-electron chi connectivity index (χ0n) is 24.7. The lowest BCUT2D eigenvalue weighted by molar-refractivity contribution is -0.384. The molecule has 0 saturated heterocycles. The van der Waals surface area contributed by atoms with Crippen LogP contribution >= 0.6 is 11.6 Å².